The lowest BCUT2D eigenvalue weighted by Gasteiger charge is -2.10. The van der Waals surface area contributed by atoms with Crippen molar-refractivity contribution in [3.8, 4) is 11.1 Å². The zero-order chi connectivity index (χ0) is 21.5. The summed E-state index contributed by atoms with van der Waals surface area (Å²) in [6.07, 6.45) is 4.75. The molecule has 1 aromatic carbocycles. The molecular weight excluding hydrogens is 426 g/mol. The second kappa shape index (κ2) is 7.71. The van der Waals surface area contributed by atoms with Crippen molar-refractivity contribution < 1.29 is 22.4 Å². The Morgan fingerprint density at radius 2 is 1.90 bits per heavy atom. The largest absolute Gasteiger partial charge is 0.456 e. The van der Waals surface area contributed by atoms with Gasteiger partial charge in [0.1, 0.15) is 11.3 Å². The predicted octanol–water partition coefficient (Wildman–Crippen LogP) is 3.51. The second-order valence-electron chi connectivity index (χ2n) is 6.91. The summed E-state index contributed by atoms with van der Waals surface area (Å²) in [7, 11) is -3.58. The molecule has 0 saturated carbocycles. The summed E-state index contributed by atoms with van der Waals surface area (Å²) in [6.45, 7) is 3.51. The molecule has 8 nitrogen and oxygen atoms in total. The maximum absolute atomic E-state index is 12.3. The fourth-order valence-electron chi connectivity index (χ4n) is 3.00. The van der Waals surface area contributed by atoms with Crippen LogP contribution in [0.3, 0.4) is 0 Å². The van der Waals surface area contributed by atoms with Crippen LogP contribution in [-0.4, -0.2) is 30.6 Å². The third kappa shape index (κ3) is 4.02. The van der Waals surface area contributed by atoms with E-state index in [-0.39, 0.29) is 15.8 Å². The molecule has 1 fully saturated rings. The maximum Gasteiger partial charge on any atom is 0.290 e. The number of carbonyl (C=O) groups excluding carboxylic acids is 2. The lowest BCUT2D eigenvalue weighted by molar-refractivity contribution is -0.115. The number of hydrogen-bond acceptors (Lipinski definition) is 7. The number of furan rings is 1. The monoisotopic (exact) mass is 443 g/mol. The van der Waals surface area contributed by atoms with Crippen LogP contribution >= 0.6 is 11.8 Å². The van der Waals surface area contributed by atoms with Crippen LogP contribution in [0, 0.1) is 0 Å². The van der Waals surface area contributed by atoms with E-state index in [1.807, 2.05) is 0 Å². The van der Waals surface area contributed by atoms with E-state index >= 15 is 0 Å². The number of fused-ring (bicyclic) bond motifs is 1. The van der Waals surface area contributed by atoms with Gasteiger partial charge in [-0.2, -0.15) is 0 Å². The van der Waals surface area contributed by atoms with E-state index in [0.717, 1.165) is 17.3 Å². The van der Waals surface area contributed by atoms with Crippen molar-refractivity contribution in [2.75, 3.05) is 0 Å². The van der Waals surface area contributed by atoms with Gasteiger partial charge in [-0.3, -0.25) is 19.9 Å². The van der Waals surface area contributed by atoms with E-state index < -0.39 is 21.2 Å². The highest BCUT2D eigenvalue weighted by Crippen LogP contribution is 2.33. The molecule has 0 unspecified atom stereocenters. The number of sulfonamides is 1. The molecule has 0 spiro atoms. The molecule has 1 aliphatic heterocycles. The average Bonchev–Trinajstić information content (AvgIpc) is 3.22. The number of benzene rings is 1. The SMILES string of the molecule is CC(C)NS(=O)(=O)c1ccc(-c2cncc3cc(/C=C4/SC(=O)NC4=O)oc23)cc1. The summed E-state index contributed by atoms with van der Waals surface area (Å²) in [4.78, 5) is 27.7. The standard InChI is InChI=1S/C20H17N3O5S2/c1-11(2)23-30(26,27)15-5-3-12(4-6-15)16-10-21-9-13-7-14(28-18(13)16)8-17-19(24)22-20(25)29-17/h3-11,23H,1-2H3,(H,22,24,25)/b17-8+. The summed E-state index contributed by atoms with van der Waals surface area (Å²) in [5.41, 5.74) is 1.95. The van der Waals surface area contributed by atoms with Crippen molar-refractivity contribution in [2.24, 2.45) is 0 Å². The van der Waals surface area contributed by atoms with Gasteiger partial charge >= 0.3 is 0 Å². The molecule has 10 heteroatoms. The molecule has 3 aromatic rings. The number of hydrogen-bond donors (Lipinski definition) is 2. The molecule has 1 aliphatic rings. The van der Waals surface area contributed by atoms with Crippen LogP contribution in [0.5, 0.6) is 0 Å². The van der Waals surface area contributed by atoms with Gasteiger partial charge < -0.3 is 4.42 Å². The van der Waals surface area contributed by atoms with E-state index in [1.54, 1.807) is 44.4 Å². The first-order valence-electron chi connectivity index (χ1n) is 8.98. The van der Waals surface area contributed by atoms with Crippen molar-refractivity contribution in [1.29, 1.82) is 0 Å². The zero-order valence-corrected chi connectivity index (χ0v) is 17.6. The van der Waals surface area contributed by atoms with Crippen molar-refractivity contribution in [3.63, 3.8) is 0 Å². The minimum absolute atomic E-state index is 0.166. The van der Waals surface area contributed by atoms with Crippen molar-refractivity contribution in [1.82, 2.24) is 15.0 Å². The molecule has 2 amide bonds. The lowest BCUT2D eigenvalue weighted by atomic mass is 10.1. The van der Waals surface area contributed by atoms with Crippen LogP contribution in [0.25, 0.3) is 28.2 Å². The van der Waals surface area contributed by atoms with Gasteiger partial charge in [0, 0.05) is 35.5 Å². The molecule has 1 saturated heterocycles. The van der Waals surface area contributed by atoms with Crippen molar-refractivity contribution >= 4 is 50.0 Å². The second-order valence-corrected chi connectivity index (χ2v) is 9.64. The van der Waals surface area contributed by atoms with E-state index in [4.69, 9.17) is 4.42 Å². The first kappa shape index (κ1) is 20.3. The fourth-order valence-corrected chi connectivity index (χ4v) is 4.91. The number of thioether (sulfide) groups is 1. The zero-order valence-electron chi connectivity index (χ0n) is 16.0. The Balaban J connectivity index is 1.70. The fraction of sp³-hybridized carbons (Fsp3) is 0.150. The normalized spacial score (nSPS) is 16.0. The van der Waals surface area contributed by atoms with Crippen LogP contribution < -0.4 is 10.0 Å². The molecule has 2 N–H and O–H groups in total. The number of nitrogens with zero attached hydrogens (tertiary/aromatic N) is 1. The number of pyridine rings is 1. The summed E-state index contributed by atoms with van der Waals surface area (Å²) < 4.78 is 33.1. The molecular formula is C20H17N3O5S2. The molecule has 0 aliphatic carbocycles. The molecule has 30 heavy (non-hydrogen) atoms. The van der Waals surface area contributed by atoms with Gasteiger partial charge in [-0.25, -0.2) is 13.1 Å². The van der Waals surface area contributed by atoms with Gasteiger partial charge in [0.25, 0.3) is 11.1 Å². The third-order valence-corrected chi connectivity index (χ3v) is 6.71. The smallest absolute Gasteiger partial charge is 0.290 e. The van der Waals surface area contributed by atoms with Gasteiger partial charge in [0.15, 0.2) is 0 Å². The van der Waals surface area contributed by atoms with Crippen molar-refractivity contribution in [3.05, 3.63) is 53.4 Å². The molecule has 154 valence electrons. The Kier molecular flexibility index (Phi) is 5.22. The molecule has 0 atom stereocenters. The molecule has 0 radical (unpaired) electrons. The molecule has 3 heterocycles. The summed E-state index contributed by atoms with van der Waals surface area (Å²) >= 11 is 0.810. The number of amides is 2. The van der Waals surface area contributed by atoms with Gasteiger partial charge in [-0.1, -0.05) is 12.1 Å². The lowest BCUT2D eigenvalue weighted by Crippen LogP contribution is -2.30. The van der Waals surface area contributed by atoms with E-state index in [1.165, 1.54) is 18.2 Å². The van der Waals surface area contributed by atoms with E-state index in [9.17, 15) is 18.0 Å². The van der Waals surface area contributed by atoms with E-state index in [0.29, 0.717) is 22.3 Å². The number of imide groups is 1. The van der Waals surface area contributed by atoms with Crippen LogP contribution in [0.1, 0.15) is 19.6 Å². The Labute approximate surface area is 176 Å². The predicted molar refractivity (Wildman–Crippen MR) is 114 cm³/mol. The highest BCUT2D eigenvalue weighted by atomic mass is 32.2. The number of rotatable bonds is 5. The van der Waals surface area contributed by atoms with Crippen LogP contribution in [-0.2, 0) is 14.8 Å². The van der Waals surface area contributed by atoms with Crippen LogP contribution in [0.15, 0.2) is 56.9 Å². The first-order chi connectivity index (χ1) is 14.2. The summed E-state index contributed by atoms with van der Waals surface area (Å²) in [6, 6.07) is 7.93. The number of carbonyl (C=O) groups is 2. The van der Waals surface area contributed by atoms with Crippen LogP contribution in [0.4, 0.5) is 4.79 Å². The van der Waals surface area contributed by atoms with Crippen LogP contribution in [0.2, 0.25) is 0 Å². The summed E-state index contributed by atoms with van der Waals surface area (Å²) in [5.74, 6) is -0.0532. The van der Waals surface area contributed by atoms with Gasteiger partial charge in [-0.05, 0) is 49.4 Å². The quantitative estimate of drug-likeness (QED) is 0.579. The van der Waals surface area contributed by atoms with E-state index in [2.05, 4.69) is 15.0 Å². The molecule has 2 aromatic heterocycles. The minimum atomic E-state index is -3.58. The topological polar surface area (TPSA) is 118 Å². The van der Waals surface area contributed by atoms with Crippen molar-refractivity contribution in [2.45, 2.75) is 24.8 Å². The maximum atomic E-state index is 12.3. The minimum Gasteiger partial charge on any atom is -0.456 e. The average molecular weight is 444 g/mol. The Morgan fingerprint density at radius 3 is 2.53 bits per heavy atom. The van der Waals surface area contributed by atoms with Gasteiger partial charge in [0.05, 0.1) is 9.80 Å². The highest BCUT2D eigenvalue weighted by Gasteiger charge is 2.25. The highest BCUT2D eigenvalue weighted by molar-refractivity contribution is 8.18. The number of aromatic nitrogens is 1. The Morgan fingerprint density at radius 1 is 1.17 bits per heavy atom. The third-order valence-electron chi connectivity index (χ3n) is 4.22. The van der Waals surface area contributed by atoms with Gasteiger partial charge in [0.2, 0.25) is 10.0 Å². The molecule has 4 rings (SSSR count). The molecule has 0 bridgehead atoms. The Bertz CT molecular complexity index is 1290. The van der Waals surface area contributed by atoms with Gasteiger partial charge in [-0.15, -0.1) is 0 Å². The Hall–Kier alpha value is -2.95. The summed E-state index contributed by atoms with van der Waals surface area (Å²) in [5, 5.41) is 2.49. The number of nitrogens with one attached hydrogen (secondary N) is 2. The first-order valence-corrected chi connectivity index (χ1v) is 11.3.